The van der Waals surface area contributed by atoms with Crippen molar-refractivity contribution >= 4 is 41.8 Å². The molecule has 0 aliphatic heterocycles. The molecule has 0 fully saturated rings. The Morgan fingerprint density at radius 1 is 1.43 bits per heavy atom. The summed E-state index contributed by atoms with van der Waals surface area (Å²) in [6.07, 6.45) is 0.927. The van der Waals surface area contributed by atoms with Gasteiger partial charge < -0.3 is 15.6 Å². The largest absolute Gasteiger partial charge is 0.356 e. The lowest BCUT2D eigenvalue weighted by Crippen LogP contribution is -2.28. The molecule has 1 heterocycles. The van der Waals surface area contributed by atoms with Gasteiger partial charge in [0.25, 0.3) is 0 Å². The average Bonchev–Trinajstić information content (AvgIpc) is 2.67. The molecule has 5 nitrogen and oxygen atoms in total. The number of carbonyl (C=O) groups excluding carboxylic acids is 1. The van der Waals surface area contributed by atoms with Gasteiger partial charge in [0.15, 0.2) is 0 Å². The molecule has 1 amide bonds. The van der Waals surface area contributed by atoms with Crippen molar-refractivity contribution in [2.45, 2.75) is 12.8 Å². The number of nitrogens with two attached hydrogens (primary N) is 1. The van der Waals surface area contributed by atoms with E-state index in [2.05, 4.69) is 10.3 Å². The summed E-state index contributed by atoms with van der Waals surface area (Å²) in [5.41, 5.74) is 6.80. The SMILES string of the molecule is Cl.Cl.Cn1c(CCNC(=O)CCN)nc2ccc(F)cc21. The van der Waals surface area contributed by atoms with Crippen molar-refractivity contribution in [3.63, 3.8) is 0 Å². The average molecular weight is 337 g/mol. The fourth-order valence-corrected chi connectivity index (χ4v) is 1.97. The van der Waals surface area contributed by atoms with Crippen LogP contribution in [0.1, 0.15) is 12.2 Å². The summed E-state index contributed by atoms with van der Waals surface area (Å²) in [6.45, 7) is 0.843. The highest BCUT2D eigenvalue weighted by molar-refractivity contribution is 5.85. The van der Waals surface area contributed by atoms with Gasteiger partial charge in [-0.25, -0.2) is 9.37 Å². The molecule has 0 unspecified atom stereocenters. The Balaban J connectivity index is 0.00000200. The lowest BCUT2D eigenvalue weighted by atomic mass is 10.3. The van der Waals surface area contributed by atoms with Crippen LogP contribution >= 0.6 is 24.8 Å². The first-order valence-electron chi connectivity index (χ1n) is 6.19. The Kier molecular flexibility index (Phi) is 8.24. The van der Waals surface area contributed by atoms with Crippen LogP contribution in [-0.4, -0.2) is 28.5 Å². The topological polar surface area (TPSA) is 72.9 Å². The van der Waals surface area contributed by atoms with Crippen LogP contribution in [0.3, 0.4) is 0 Å². The number of nitrogens with zero attached hydrogens (tertiary/aromatic N) is 2. The van der Waals surface area contributed by atoms with Crippen molar-refractivity contribution in [3.8, 4) is 0 Å². The molecule has 0 spiro atoms. The fraction of sp³-hybridized carbons (Fsp3) is 0.385. The molecule has 0 atom stereocenters. The molecule has 1 aromatic heterocycles. The molecule has 2 rings (SSSR count). The number of carbonyl (C=O) groups is 1. The van der Waals surface area contributed by atoms with Gasteiger partial charge >= 0.3 is 0 Å². The number of nitrogens with one attached hydrogen (secondary N) is 1. The van der Waals surface area contributed by atoms with E-state index in [0.717, 1.165) is 16.9 Å². The molecule has 2 aromatic rings. The van der Waals surface area contributed by atoms with Crippen molar-refractivity contribution in [3.05, 3.63) is 29.8 Å². The minimum atomic E-state index is -0.279. The number of benzene rings is 1. The zero-order chi connectivity index (χ0) is 13.8. The van der Waals surface area contributed by atoms with E-state index in [-0.39, 0.29) is 36.5 Å². The van der Waals surface area contributed by atoms with Crippen molar-refractivity contribution in [1.29, 1.82) is 0 Å². The second-order valence-electron chi connectivity index (χ2n) is 4.36. The van der Waals surface area contributed by atoms with Gasteiger partial charge in [0, 0.05) is 33.0 Å². The standard InChI is InChI=1S/C13H17FN4O.2ClH/c1-18-11-8-9(14)2-3-10(11)17-12(18)5-7-16-13(19)4-6-15;;/h2-3,8H,4-7,15H2,1H3,(H,16,19);2*1H. The zero-order valence-electron chi connectivity index (χ0n) is 11.6. The molecular formula is C13H19Cl2FN4O. The molecule has 0 aliphatic rings. The Bertz CT molecular complexity index is 603. The van der Waals surface area contributed by atoms with Gasteiger partial charge in [0.05, 0.1) is 11.0 Å². The highest BCUT2D eigenvalue weighted by Gasteiger charge is 2.08. The molecule has 21 heavy (non-hydrogen) atoms. The summed E-state index contributed by atoms with van der Waals surface area (Å²) in [7, 11) is 1.84. The highest BCUT2D eigenvalue weighted by atomic mass is 35.5. The normalized spacial score (nSPS) is 9.86. The van der Waals surface area contributed by atoms with Gasteiger partial charge in [-0.2, -0.15) is 0 Å². The summed E-state index contributed by atoms with van der Waals surface area (Å²) in [6, 6.07) is 4.50. The number of rotatable bonds is 5. The predicted molar refractivity (Wildman–Crippen MR) is 85.6 cm³/mol. The quantitative estimate of drug-likeness (QED) is 0.870. The molecule has 118 valence electrons. The third-order valence-electron chi connectivity index (χ3n) is 2.98. The minimum absolute atomic E-state index is 0. The number of fused-ring (bicyclic) bond motifs is 1. The van der Waals surface area contributed by atoms with E-state index in [1.165, 1.54) is 12.1 Å². The first-order valence-corrected chi connectivity index (χ1v) is 6.19. The molecule has 0 radical (unpaired) electrons. The van der Waals surface area contributed by atoms with Gasteiger partial charge in [-0.3, -0.25) is 4.79 Å². The van der Waals surface area contributed by atoms with Gasteiger partial charge in [0.1, 0.15) is 11.6 Å². The second kappa shape index (κ2) is 8.81. The van der Waals surface area contributed by atoms with Gasteiger partial charge in [-0.15, -0.1) is 24.8 Å². The molecule has 0 saturated carbocycles. The first-order chi connectivity index (χ1) is 9.11. The van der Waals surface area contributed by atoms with E-state index < -0.39 is 0 Å². The van der Waals surface area contributed by atoms with Crippen LogP contribution in [0.4, 0.5) is 4.39 Å². The first kappa shape index (κ1) is 19.6. The van der Waals surface area contributed by atoms with Crippen LogP contribution in [0.25, 0.3) is 11.0 Å². The lowest BCUT2D eigenvalue weighted by molar-refractivity contribution is -0.120. The predicted octanol–water partition coefficient (Wildman–Crippen LogP) is 1.56. The van der Waals surface area contributed by atoms with Crippen LogP contribution in [0.2, 0.25) is 0 Å². The summed E-state index contributed by atoms with van der Waals surface area (Å²) in [5, 5.41) is 2.77. The molecule has 0 bridgehead atoms. The van der Waals surface area contributed by atoms with Crippen LogP contribution in [0.15, 0.2) is 18.2 Å². The van der Waals surface area contributed by atoms with E-state index in [9.17, 15) is 9.18 Å². The van der Waals surface area contributed by atoms with E-state index >= 15 is 0 Å². The number of imidazole rings is 1. The smallest absolute Gasteiger partial charge is 0.221 e. The third-order valence-corrected chi connectivity index (χ3v) is 2.98. The molecule has 0 aliphatic carbocycles. The molecular weight excluding hydrogens is 318 g/mol. The summed E-state index contributed by atoms with van der Waals surface area (Å²) in [5.74, 6) is 0.472. The molecule has 3 N–H and O–H groups in total. The van der Waals surface area contributed by atoms with E-state index in [4.69, 9.17) is 5.73 Å². The number of aromatic nitrogens is 2. The van der Waals surface area contributed by atoms with Crippen LogP contribution in [0.5, 0.6) is 0 Å². The van der Waals surface area contributed by atoms with Crippen LogP contribution in [0, 0.1) is 5.82 Å². The molecule has 0 saturated heterocycles. The van der Waals surface area contributed by atoms with Gasteiger partial charge in [-0.1, -0.05) is 0 Å². The Morgan fingerprint density at radius 2 is 2.14 bits per heavy atom. The monoisotopic (exact) mass is 336 g/mol. The highest BCUT2D eigenvalue weighted by Crippen LogP contribution is 2.16. The number of aryl methyl sites for hydroxylation is 1. The Hall–Kier alpha value is -1.37. The van der Waals surface area contributed by atoms with Crippen molar-refractivity contribution < 1.29 is 9.18 Å². The minimum Gasteiger partial charge on any atom is -0.356 e. The number of hydrogen-bond acceptors (Lipinski definition) is 3. The van der Waals surface area contributed by atoms with E-state index in [1.807, 2.05) is 11.6 Å². The second-order valence-corrected chi connectivity index (χ2v) is 4.36. The van der Waals surface area contributed by atoms with E-state index in [1.54, 1.807) is 6.07 Å². The maximum Gasteiger partial charge on any atom is 0.221 e. The fourth-order valence-electron chi connectivity index (χ4n) is 1.97. The molecule has 1 aromatic carbocycles. The van der Waals surface area contributed by atoms with Crippen molar-refractivity contribution in [1.82, 2.24) is 14.9 Å². The maximum atomic E-state index is 13.2. The zero-order valence-corrected chi connectivity index (χ0v) is 13.3. The summed E-state index contributed by atoms with van der Waals surface area (Å²) >= 11 is 0. The Morgan fingerprint density at radius 3 is 2.81 bits per heavy atom. The van der Waals surface area contributed by atoms with Crippen LogP contribution < -0.4 is 11.1 Å². The van der Waals surface area contributed by atoms with Gasteiger partial charge in [0.2, 0.25) is 5.91 Å². The summed E-state index contributed by atoms with van der Waals surface area (Å²) < 4.78 is 15.0. The number of amides is 1. The van der Waals surface area contributed by atoms with Crippen molar-refractivity contribution in [2.24, 2.45) is 12.8 Å². The maximum absolute atomic E-state index is 13.2. The van der Waals surface area contributed by atoms with Gasteiger partial charge in [-0.05, 0) is 18.2 Å². The number of hydrogen-bond donors (Lipinski definition) is 2. The molecule has 8 heteroatoms. The lowest BCUT2D eigenvalue weighted by Gasteiger charge is -2.04. The van der Waals surface area contributed by atoms with Crippen molar-refractivity contribution in [2.75, 3.05) is 13.1 Å². The summed E-state index contributed by atoms with van der Waals surface area (Å²) in [4.78, 5) is 15.7. The van der Waals surface area contributed by atoms with Crippen LogP contribution in [-0.2, 0) is 18.3 Å². The van der Waals surface area contributed by atoms with E-state index in [0.29, 0.717) is 25.9 Å². The number of halogens is 3. The third kappa shape index (κ3) is 4.84. The Labute approximate surface area is 134 Å².